The fourth-order valence-electron chi connectivity index (χ4n) is 6.25. The zero-order valence-electron chi connectivity index (χ0n) is 21.2. The summed E-state index contributed by atoms with van der Waals surface area (Å²) >= 11 is 0. The van der Waals surface area contributed by atoms with Gasteiger partial charge < -0.3 is 16.2 Å². The van der Waals surface area contributed by atoms with Crippen molar-refractivity contribution in [3.63, 3.8) is 0 Å². The number of rotatable bonds is 11. The molecule has 1 aromatic carbocycles. The standard InChI is InChI=1S/C25H40N4O5S/c1-5-6-13-25(26,22(31)32)29(35(27,33)34)19(15-17-10-8-7-9-11-17)21(30)28-20-16-18-12-14-24(20,4)23(18,2)3/h7-11,18-20H,5-6,12-16,26H2,1-4H3,(H,28,30)(H,31,32)(H2,27,33,34)/t18-,19+,20+,24+,25?/m1/s1. The van der Waals surface area contributed by atoms with Crippen molar-refractivity contribution in [1.82, 2.24) is 9.62 Å². The van der Waals surface area contributed by atoms with Gasteiger partial charge in [-0.15, -0.1) is 4.31 Å². The Morgan fingerprint density at radius 3 is 2.34 bits per heavy atom. The Labute approximate surface area is 208 Å². The lowest BCUT2D eigenvalue weighted by Crippen LogP contribution is -2.70. The van der Waals surface area contributed by atoms with E-state index in [1.54, 1.807) is 30.3 Å². The Kier molecular flexibility index (Phi) is 7.72. The second-order valence-corrected chi connectivity index (χ2v) is 12.5. The summed E-state index contributed by atoms with van der Waals surface area (Å²) in [6, 6.07) is 7.29. The first-order chi connectivity index (χ1) is 16.2. The largest absolute Gasteiger partial charge is 0.479 e. The van der Waals surface area contributed by atoms with E-state index in [1.807, 2.05) is 6.92 Å². The van der Waals surface area contributed by atoms with Gasteiger partial charge in [-0.1, -0.05) is 64.4 Å². The van der Waals surface area contributed by atoms with Crippen LogP contribution < -0.4 is 16.2 Å². The highest BCUT2D eigenvalue weighted by Crippen LogP contribution is 2.65. The number of nitrogens with zero attached hydrogens (tertiary/aromatic N) is 1. The number of unbranched alkanes of at least 4 members (excludes halogenated alkanes) is 1. The van der Waals surface area contributed by atoms with Crippen LogP contribution in [0, 0.1) is 16.7 Å². The van der Waals surface area contributed by atoms with Crippen molar-refractivity contribution in [2.45, 2.75) is 90.4 Å². The number of nitrogens with two attached hydrogens (primary N) is 2. The summed E-state index contributed by atoms with van der Waals surface area (Å²) in [7, 11) is -4.68. The highest BCUT2D eigenvalue weighted by molar-refractivity contribution is 7.86. The molecular formula is C25H40N4O5S. The van der Waals surface area contributed by atoms with E-state index in [0.29, 0.717) is 28.6 Å². The van der Waals surface area contributed by atoms with E-state index >= 15 is 0 Å². The lowest BCUT2D eigenvalue weighted by atomic mass is 9.69. The minimum absolute atomic E-state index is 0.0271. The number of carbonyl (C=O) groups is 2. The van der Waals surface area contributed by atoms with Gasteiger partial charge in [0.2, 0.25) is 5.91 Å². The minimum Gasteiger partial charge on any atom is -0.479 e. The third-order valence-electron chi connectivity index (χ3n) is 8.92. The summed E-state index contributed by atoms with van der Waals surface area (Å²) in [4.78, 5) is 26.2. The molecule has 10 heteroatoms. The third kappa shape index (κ3) is 4.98. The van der Waals surface area contributed by atoms with Crippen molar-refractivity contribution in [2.75, 3.05) is 0 Å². The predicted octanol–water partition coefficient (Wildman–Crippen LogP) is 2.36. The maximum atomic E-state index is 13.8. The molecule has 1 amide bonds. The number of carboxylic acids is 1. The molecule has 3 rings (SSSR count). The van der Waals surface area contributed by atoms with Crippen molar-refractivity contribution >= 4 is 22.1 Å². The van der Waals surface area contributed by atoms with Gasteiger partial charge in [0.05, 0.1) is 0 Å². The lowest BCUT2D eigenvalue weighted by molar-refractivity contribution is -0.151. The Bertz CT molecular complexity index is 1050. The molecule has 2 fully saturated rings. The summed E-state index contributed by atoms with van der Waals surface area (Å²) in [5.41, 5.74) is 4.46. The maximum Gasteiger partial charge on any atom is 0.340 e. The molecule has 2 aliphatic carbocycles. The molecule has 6 N–H and O–H groups in total. The van der Waals surface area contributed by atoms with Crippen molar-refractivity contribution in [3.8, 4) is 0 Å². The number of aliphatic carboxylic acids is 1. The molecule has 0 spiro atoms. The van der Waals surface area contributed by atoms with Crippen molar-refractivity contribution in [3.05, 3.63) is 35.9 Å². The van der Waals surface area contributed by atoms with Gasteiger partial charge in [0.25, 0.3) is 10.2 Å². The van der Waals surface area contributed by atoms with Gasteiger partial charge in [-0.25, -0.2) is 9.93 Å². The zero-order chi connectivity index (χ0) is 26.2. The van der Waals surface area contributed by atoms with Gasteiger partial charge in [-0.2, -0.15) is 8.42 Å². The first kappa shape index (κ1) is 27.6. The Hall–Kier alpha value is -2.01. The number of hydrogen-bond donors (Lipinski definition) is 4. The fraction of sp³-hybridized carbons (Fsp3) is 0.680. The normalized spacial score (nSPS) is 28.0. The summed E-state index contributed by atoms with van der Waals surface area (Å²) in [6.45, 7) is 8.44. The molecule has 1 unspecified atom stereocenters. The molecule has 2 aliphatic rings. The van der Waals surface area contributed by atoms with Crippen LogP contribution in [0.4, 0.5) is 0 Å². The molecule has 2 saturated carbocycles. The highest BCUT2D eigenvalue weighted by atomic mass is 32.2. The van der Waals surface area contributed by atoms with Crippen molar-refractivity contribution in [2.24, 2.45) is 27.6 Å². The van der Waals surface area contributed by atoms with Crippen LogP contribution in [0.2, 0.25) is 0 Å². The molecular weight excluding hydrogens is 468 g/mol. The van der Waals surface area contributed by atoms with E-state index in [2.05, 4.69) is 26.1 Å². The van der Waals surface area contributed by atoms with E-state index in [9.17, 15) is 23.1 Å². The highest BCUT2D eigenvalue weighted by Gasteiger charge is 2.62. The molecule has 0 saturated heterocycles. The predicted molar refractivity (Wildman–Crippen MR) is 134 cm³/mol. The van der Waals surface area contributed by atoms with Crippen LogP contribution in [0.1, 0.15) is 71.8 Å². The lowest BCUT2D eigenvalue weighted by Gasteiger charge is -2.42. The molecule has 1 aromatic rings. The molecule has 35 heavy (non-hydrogen) atoms. The Morgan fingerprint density at radius 2 is 1.89 bits per heavy atom. The number of nitrogens with one attached hydrogen (secondary N) is 1. The summed E-state index contributed by atoms with van der Waals surface area (Å²) < 4.78 is 26.3. The molecule has 0 aliphatic heterocycles. The van der Waals surface area contributed by atoms with E-state index in [0.717, 1.165) is 19.3 Å². The van der Waals surface area contributed by atoms with Crippen LogP contribution >= 0.6 is 0 Å². The first-order valence-corrected chi connectivity index (χ1v) is 13.9. The van der Waals surface area contributed by atoms with Gasteiger partial charge in [-0.3, -0.25) is 4.79 Å². The number of amides is 1. The van der Waals surface area contributed by atoms with Crippen LogP contribution in [-0.4, -0.2) is 47.5 Å². The molecule has 5 atom stereocenters. The van der Waals surface area contributed by atoms with E-state index < -0.39 is 33.8 Å². The van der Waals surface area contributed by atoms with Crippen LogP contribution in [0.3, 0.4) is 0 Å². The minimum atomic E-state index is -4.68. The second-order valence-electron chi connectivity index (χ2n) is 11.1. The fourth-order valence-corrected chi connectivity index (χ4v) is 7.40. The van der Waals surface area contributed by atoms with Gasteiger partial charge in [0, 0.05) is 6.04 Å². The number of fused-ring (bicyclic) bond motifs is 2. The summed E-state index contributed by atoms with van der Waals surface area (Å²) in [5.74, 6) is -1.67. The summed E-state index contributed by atoms with van der Waals surface area (Å²) in [5, 5.41) is 18.7. The van der Waals surface area contributed by atoms with Gasteiger partial charge >= 0.3 is 5.97 Å². The topological polar surface area (TPSA) is 156 Å². The zero-order valence-corrected chi connectivity index (χ0v) is 22.0. The van der Waals surface area contributed by atoms with Crippen LogP contribution in [-0.2, 0) is 26.2 Å². The quantitative estimate of drug-likeness (QED) is 0.336. The Morgan fingerprint density at radius 1 is 1.26 bits per heavy atom. The number of carbonyl (C=O) groups excluding carboxylic acids is 1. The maximum absolute atomic E-state index is 13.8. The van der Waals surface area contributed by atoms with Crippen LogP contribution in [0.15, 0.2) is 30.3 Å². The molecule has 0 aromatic heterocycles. The molecule has 196 valence electrons. The Balaban J connectivity index is 2.03. The smallest absolute Gasteiger partial charge is 0.340 e. The van der Waals surface area contributed by atoms with E-state index in [1.165, 1.54) is 0 Å². The van der Waals surface area contributed by atoms with Crippen LogP contribution in [0.5, 0.6) is 0 Å². The van der Waals surface area contributed by atoms with Crippen LogP contribution in [0.25, 0.3) is 0 Å². The number of benzene rings is 1. The molecule has 0 radical (unpaired) electrons. The van der Waals surface area contributed by atoms with Crippen molar-refractivity contribution < 1.29 is 23.1 Å². The molecule has 9 nitrogen and oxygen atoms in total. The van der Waals surface area contributed by atoms with Crippen molar-refractivity contribution in [1.29, 1.82) is 0 Å². The van der Waals surface area contributed by atoms with Gasteiger partial charge in [0.15, 0.2) is 5.66 Å². The average Bonchev–Trinajstić information content (AvgIpc) is 3.10. The van der Waals surface area contributed by atoms with Gasteiger partial charge in [0.1, 0.15) is 6.04 Å². The summed E-state index contributed by atoms with van der Waals surface area (Å²) in [6.07, 6.45) is 3.56. The average molecular weight is 509 g/mol. The number of carboxylic acid groups (broad SMARTS) is 1. The first-order valence-electron chi connectivity index (χ1n) is 12.4. The SMILES string of the molecule is CCCCC(N)(C(=O)O)N([C@@H](Cc1ccccc1)C(=O)N[C@H]1C[C@H]2CC[C@]1(C)C2(C)C)S(N)(=O)=O. The van der Waals surface area contributed by atoms with E-state index in [4.69, 9.17) is 10.9 Å². The van der Waals surface area contributed by atoms with E-state index in [-0.39, 0.29) is 29.7 Å². The molecule has 0 heterocycles. The number of hydrogen-bond acceptors (Lipinski definition) is 5. The third-order valence-corrected chi connectivity index (χ3v) is 10.0. The monoisotopic (exact) mass is 508 g/mol. The molecule has 2 bridgehead atoms. The second kappa shape index (κ2) is 9.80. The van der Waals surface area contributed by atoms with Gasteiger partial charge in [-0.05, 0) is 60.8 Å².